The molecule has 1 unspecified atom stereocenters. The fraction of sp³-hybridized carbons (Fsp3) is 0.355. The monoisotopic (exact) mass is 546 g/mol. The lowest BCUT2D eigenvalue weighted by molar-refractivity contribution is 0.0647. The smallest absolute Gasteiger partial charge is 0.416 e. The van der Waals surface area contributed by atoms with Crippen molar-refractivity contribution < 1.29 is 23.5 Å². The van der Waals surface area contributed by atoms with E-state index in [9.17, 15) is 9.59 Å². The van der Waals surface area contributed by atoms with E-state index < -0.39 is 26.2 Å². The van der Waals surface area contributed by atoms with Gasteiger partial charge in [-0.15, -0.1) is 0 Å². The number of carbonyl (C=O) groups excluding carboxylic acids is 2. The lowest BCUT2D eigenvalue weighted by atomic mass is 10.1. The fourth-order valence-corrected chi connectivity index (χ4v) is 6.02. The van der Waals surface area contributed by atoms with Crippen molar-refractivity contribution in [1.29, 1.82) is 0 Å². The van der Waals surface area contributed by atoms with Gasteiger partial charge in [0.15, 0.2) is 8.32 Å². The molecule has 0 fully saturated rings. The predicted molar refractivity (Wildman–Crippen MR) is 156 cm³/mol. The molecule has 1 aliphatic heterocycles. The summed E-state index contributed by atoms with van der Waals surface area (Å²) in [6, 6.07) is 24.6. The van der Waals surface area contributed by atoms with Gasteiger partial charge in [0.25, 0.3) is 0 Å². The van der Waals surface area contributed by atoms with E-state index in [1.807, 2.05) is 79.7 Å². The largest absolute Gasteiger partial charge is 0.444 e. The van der Waals surface area contributed by atoms with Crippen LogP contribution in [0.5, 0.6) is 0 Å². The van der Waals surface area contributed by atoms with Crippen molar-refractivity contribution in [3.8, 4) is 0 Å². The molecule has 3 aromatic rings. The van der Waals surface area contributed by atoms with E-state index in [1.54, 1.807) is 11.0 Å². The molecule has 1 aliphatic rings. The van der Waals surface area contributed by atoms with Crippen LogP contribution in [0.25, 0.3) is 0 Å². The van der Waals surface area contributed by atoms with E-state index in [4.69, 9.17) is 13.9 Å². The third-order valence-electron chi connectivity index (χ3n) is 7.44. The lowest BCUT2D eigenvalue weighted by Crippen LogP contribution is -2.57. The first-order valence-electron chi connectivity index (χ1n) is 13.2. The van der Waals surface area contributed by atoms with Crippen LogP contribution >= 0.6 is 0 Å². The maximum Gasteiger partial charge on any atom is 0.416 e. The molecule has 0 saturated carbocycles. The Bertz CT molecular complexity index is 1310. The molecule has 3 aromatic carbocycles. The third-order valence-corrected chi connectivity index (χ3v) is 12.0. The van der Waals surface area contributed by atoms with Crippen molar-refractivity contribution in [2.24, 2.45) is 0 Å². The molecule has 39 heavy (non-hydrogen) atoms. The molecule has 1 atom stereocenters. The first-order valence-corrected chi connectivity index (χ1v) is 16.1. The zero-order chi connectivity index (χ0) is 28.3. The van der Waals surface area contributed by atoms with Crippen LogP contribution in [0.1, 0.15) is 44.4 Å². The number of nitrogens with zero attached hydrogens (tertiary/aromatic N) is 1. The molecule has 0 spiro atoms. The number of ether oxygens (including phenoxy) is 2. The second-order valence-electron chi connectivity index (χ2n) is 11.6. The summed E-state index contributed by atoms with van der Waals surface area (Å²) in [6.07, 6.45) is -0.554. The summed E-state index contributed by atoms with van der Waals surface area (Å²) < 4.78 is 18.0. The van der Waals surface area contributed by atoms with Crippen LogP contribution in [0.15, 0.2) is 78.9 Å². The number of benzene rings is 3. The van der Waals surface area contributed by atoms with Gasteiger partial charge in [0.05, 0.1) is 5.69 Å². The quantitative estimate of drug-likeness (QED) is 0.305. The van der Waals surface area contributed by atoms with Gasteiger partial charge in [-0.3, -0.25) is 5.32 Å². The number of fused-ring (bicyclic) bond motifs is 1. The van der Waals surface area contributed by atoms with E-state index in [2.05, 4.69) is 39.2 Å². The summed E-state index contributed by atoms with van der Waals surface area (Å²) in [6.45, 7) is 13.1. The minimum absolute atomic E-state index is 0.0559. The highest BCUT2D eigenvalue weighted by Gasteiger charge is 2.51. The fourth-order valence-electron chi connectivity index (χ4n) is 4.45. The molecule has 0 bridgehead atoms. The minimum Gasteiger partial charge on any atom is -0.444 e. The summed E-state index contributed by atoms with van der Waals surface area (Å²) in [5, 5.41) is 2.75. The molecule has 1 N–H and O–H groups in total. The van der Waals surface area contributed by atoms with Gasteiger partial charge in [-0.05, 0) is 59.9 Å². The molecule has 206 valence electrons. The first kappa shape index (κ1) is 28.4. The Morgan fingerprint density at radius 3 is 2.03 bits per heavy atom. The van der Waals surface area contributed by atoms with Crippen molar-refractivity contribution in [1.82, 2.24) is 0 Å². The Morgan fingerprint density at radius 2 is 1.46 bits per heavy atom. The Kier molecular flexibility index (Phi) is 8.18. The van der Waals surface area contributed by atoms with Gasteiger partial charge >= 0.3 is 12.2 Å². The van der Waals surface area contributed by atoms with Crippen LogP contribution in [0.4, 0.5) is 21.0 Å². The van der Waals surface area contributed by atoms with Gasteiger partial charge in [-0.25, -0.2) is 14.5 Å². The number of rotatable bonds is 7. The number of carbonyl (C=O) groups is 2. The van der Waals surface area contributed by atoms with Crippen LogP contribution in [0.2, 0.25) is 18.1 Å². The van der Waals surface area contributed by atoms with Crippen LogP contribution < -0.4 is 10.2 Å². The summed E-state index contributed by atoms with van der Waals surface area (Å²) >= 11 is 0. The summed E-state index contributed by atoms with van der Waals surface area (Å²) in [5.41, 5.74) is 3.05. The maximum absolute atomic E-state index is 13.6. The molecule has 7 nitrogen and oxygen atoms in total. The molecule has 1 heterocycles. The van der Waals surface area contributed by atoms with Gasteiger partial charge < -0.3 is 13.9 Å². The summed E-state index contributed by atoms with van der Waals surface area (Å²) in [5.74, 6) is 0. The van der Waals surface area contributed by atoms with E-state index in [1.165, 1.54) is 0 Å². The molecule has 8 heteroatoms. The molecule has 0 aliphatic carbocycles. The lowest BCUT2D eigenvalue weighted by Gasteiger charge is -2.45. The second kappa shape index (κ2) is 11.2. The molecule has 0 aromatic heterocycles. The number of hydrogen-bond acceptors (Lipinski definition) is 5. The number of nitrogens with one attached hydrogen (secondary N) is 1. The van der Waals surface area contributed by atoms with Crippen molar-refractivity contribution >= 4 is 31.9 Å². The Morgan fingerprint density at radius 1 is 0.897 bits per heavy atom. The highest BCUT2D eigenvalue weighted by atomic mass is 28.4. The summed E-state index contributed by atoms with van der Waals surface area (Å²) in [4.78, 5) is 27.7. The molecule has 2 amide bonds. The summed E-state index contributed by atoms with van der Waals surface area (Å²) in [7, 11) is -2.28. The highest BCUT2D eigenvalue weighted by molar-refractivity contribution is 6.74. The standard InChI is InChI=1S/C31H38N2O5Si/c1-30(2,3)39(5,6)38-31(4)20-25-19-26(32-28(34)36-21-23-13-9-7-10-14-23)17-18-27(25)33(31)29(35)37-22-24-15-11-8-12-16-24/h7-19H,20-22H2,1-6H3,(H,32,34). The number of anilines is 2. The Hall–Kier alpha value is -3.62. The van der Waals surface area contributed by atoms with E-state index >= 15 is 0 Å². The Balaban J connectivity index is 1.55. The zero-order valence-electron chi connectivity index (χ0n) is 23.6. The van der Waals surface area contributed by atoms with Crippen LogP contribution in [0.3, 0.4) is 0 Å². The average Bonchev–Trinajstić information content (AvgIpc) is 3.16. The van der Waals surface area contributed by atoms with Gasteiger partial charge in [-0.1, -0.05) is 81.4 Å². The van der Waals surface area contributed by atoms with Crippen molar-refractivity contribution in [2.75, 3.05) is 10.2 Å². The number of amides is 2. The van der Waals surface area contributed by atoms with E-state index in [-0.39, 0.29) is 18.3 Å². The van der Waals surface area contributed by atoms with Crippen LogP contribution in [0, 0.1) is 0 Å². The van der Waals surface area contributed by atoms with Crippen molar-refractivity contribution in [2.45, 2.75) is 71.2 Å². The van der Waals surface area contributed by atoms with E-state index in [0.717, 1.165) is 16.7 Å². The normalized spacial score (nSPS) is 16.9. The maximum atomic E-state index is 13.6. The number of hydrogen-bond donors (Lipinski definition) is 1. The van der Waals surface area contributed by atoms with Crippen LogP contribution in [-0.2, 0) is 33.5 Å². The third kappa shape index (κ3) is 6.69. The van der Waals surface area contributed by atoms with Gasteiger partial charge in [0, 0.05) is 12.1 Å². The molecular formula is C31H38N2O5Si. The SMILES string of the molecule is CC1(O[Si](C)(C)C(C)(C)C)Cc2cc(NC(=O)OCc3ccccc3)ccc2N1C(=O)OCc1ccccc1. The Labute approximate surface area is 232 Å². The van der Waals surface area contributed by atoms with Gasteiger partial charge in [0.2, 0.25) is 0 Å². The average molecular weight is 547 g/mol. The second-order valence-corrected chi connectivity index (χ2v) is 16.3. The molecular weight excluding hydrogens is 508 g/mol. The molecule has 4 rings (SSSR count). The zero-order valence-corrected chi connectivity index (χ0v) is 24.6. The highest BCUT2D eigenvalue weighted by Crippen LogP contribution is 2.46. The van der Waals surface area contributed by atoms with Crippen LogP contribution in [-0.4, -0.2) is 26.2 Å². The van der Waals surface area contributed by atoms with Gasteiger partial charge in [-0.2, -0.15) is 0 Å². The predicted octanol–water partition coefficient (Wildman–Crippen LogP) is 7.87. The topological polar surface area (TPSA) is 77.1 Å². The minimum atomic E-state index is -2.28. The molecule has 0 saturated heterocycles. The van der Waals surface area contributed by atoms with E-state index in [0.29, 0.717) is 17.8 Å². The van der Waals surface area contributed by atoms with Gasteiger partial charge in [0.1, 0.15) is 18.9 Å². The molecule has 0 radical (unpaired) electrons. The first-order chi connectivity index (χ1) is 18.4. The van der Waals surface area contributed by atoms with Crippen molar-refractivity contribution in [3.05, 3.63) is 95.6 Å². The van der Waals surface area contributed by atoms with Crippen molar-refractivity contribution in [3.63, 3.8) is 0 Å².